The van der Waals surface area contributed by atoms with E-state index in [0.29, 0.717) is 0 Å². The quantitative estimate of drug-likeness (QED) is 0.893. The molecule has 1 aromatic heterocycles. The zero-order valence-corrected chi connectivity index (χ0v) is 14.5. The van der Waals surface area contributed by atoms with Crippen molar-refractivity contribution in [1.29, 1.82) is 0 Å². The Hall–Kier alpha value is -1.92. The van der Waals surface area contributed by atoms with Gasteiger partial charge in [0, 0.05) is 24.2 Å². The van der Waals surface area contributed by atoms with Gasteiger partial charge in [-0.25, -0.2) is 0 Å². The van der Waals surface area contributed by atoms with Gasteiger partial charge in [0.25, 0.3) is 0 Å². The van der Waals surface area contributed by atoms with Gasteiger partial charge in [0.15, 0.2) is 5.82 Å². The van der Waals surface area contributed by atoms with Gasteiger partial charge >= 0.3 is 0 Å². The van der Waals surface area contributed by atoms with Crippen LogP contribution in [0, 0.1) is 11.3 Å². The van der Waals surface area contributed by atoms with Crippen LogP contribution in [0.1, 0.15) is 19.3 Å². The number of nitrogens with one attached hydrogen (secondary N) is 2. The van der Waals surface area contributed by atoms with Crippen molar-refractivity contribution in [3.63, 3.8) is 0 Å². The number of carbonyl (C=O) groups is 1. The van der Waals surface area contributed by atoms with E-state index in [1.165, 1.54) is 0 Å². The fourth-order valence-electron chi connectivity index (χ4n) is 3.71. The van der Waals surface area contributed by atoms with Crippen LogP contribution in [-0.4, -0.2) is 33.8 Å². The molecule has 2 heterocycles. The number of aryl methyl sites for hydroxylation is 1. The number of halogens is 1. The molecule has 1 aliphatic carbocycles. The van der Waals surface area contributed by atoms with Gasteiger partial charge in [-0.15, -0.1) is 22.6 Å². The third-order valence-electron chi connectivity index (χ3n) is 5.21. The highest BCUT2D eigenvalue weighted by molar-refractivity contribution is 5.95. The molecule has 1 atom stereocenters. The van der Waals surface area contributed by atoms with Crippen LogP contribution in [0.3, 0.4) is 0 Å². The number of benzene rings is 1. The van der Waals surface area contributed by atoms with Crippen LogP contribution in [0.2, 0.25) is 0 Å². The summed E-state index contributed by atoms with van der Waals surface area (Å²) >= 11 is 0. The molecule has 2 aliphatic rings. The maximum atomic E-state index is 12.5. The fourth-order valence-corrected chi connectivity index (χ4v) is 3.71. The smallest absolute Gasteiger partial charge is 0.228 e. The van der Waals surface area contributed by atoms with Crippen LogP contribution in [0.4, 0.5) is 5.69 Å². The predicted molar refractivity (Wildman–Crippen MR) is 95.0 cm³/mol. The largest absolute Gasteiger partial charge is 0.326 e. The number of piperidine rings is 1. The lowest BCUT2D eigenvalue weighted by atomic mass is 9.92. The second-order valence-electron chi connectivity index (χ2n) is 6.70. The van der Waals surface area contributed by atoms with Gasteiger partial charge in [-0.1, -0.05) is 12.1 Å². The first-order valence-electron chi connectivity index (χ1n) is 8.14. The molecule has 2 aromatic rings. The average Bonchev–Trinajstić information content (AvgIpc) is 3.07. The summed E-state index contributed by atoms with van der Waals surface area (Å²) in [5, 5.41) is 14.5. The second kappa shape index (κ2) is 6.53. The van der Waals surface area contributed by atoms with E-state index in [4.69, 9.17) is 0 Å². The molecule has 2 N–H and O–H groups in total. The lowest BCUT2D eigenvalue weighted by Crippen LogP contribution is -2.31. The second-order valence-corrected chi connectivity index (χ2v) is 6.70. The standard InChI is InChI=1S/C17H21N5O.ClH/c1-22-11-19-21-15(22)12-3-2-4-13(9-12)20-16(23)14-10-17(14)5-7-18-8-6-17;/h2-4,9,11,14,18H,5-8,10H2,1H3,(H,20,23);1H. The molecule has 1 amide bonds. The van der Waals surface area contributed by atoms with Crippen LogP contribution < -0.4 is 10.6 Å². The zero-order chi connectivity index (χ0) is 15.9. The molecule has 128 valence electrons. The highest BCUT2D eigenvalue weighted by Gasteiger charge is 2.57. The Labute approximate surface area is 147 Å². The third-order valence-corrected chi connectivity index (χ3v) is 5.21. The lowest BCUT2D eigenvalue weighted by Gasteiger charge is -2.23. The highest BCUT2D eigenvalue weighted by Crippen LogP contribution is 2.58. The molecule has 1 saturated heterocycles. The van der Waals surface area contributed by atoms with E-state index >= 15 is 0 Å². The Bertz CT molecular complexity index is 738. The minimum Gasteiger partial charge on any atom is -0.326 e. The van der Waals surface area contributed by atoms with Gasteiger partial charge in [-0.05, 0) is 49.9 Å². The van der Waals surface area contributed by atoms with Crippen LogP contribution in [0.25, 0.3) is 11.4 Å². The van der Waals surface area contributed by atoms with Crippen LogP contribution in [-0.2, 0) is 11.8 Å². The number of hydrogen-bond donors (Lipinski definition) is 2. The maximum Gasteiger partial charge on any atom is 0.228 e. The highest BCUT2D eigenvalue weighted by atomic mass is 35.5. The number of anilines is 1. The topological polar surface area (TPSA) is 71.8 Å². The van der Waals surface area contributed by atoms with Crippen molar-refractivity contribution in [3.05, 3.63) is 30.6 Å². The molecule has 24 heavy (non-hydrogen) atoms. The lowest BCUT2D eigenvalue weighted by molar-refractivity contribution is -0.118. The minimum atomic E-state index is 0. The monoisotopic (exact) mass is 347 g/mol. The third kappa shape index (κ3) is 3.03. The molecule has 1 spiro atoms. The number of aromatic nitrogens is 3. The maximum absolute atomic E-state index is 12.5. The fraction of sp³-hybridized carbons (Fsp3) is 0.471. The summed E-state index contributed by atoms with van der Waals surface area (Å²) in [4.78, 5) is 12.5. The van der Waals surface area contributed by atoms with Crippen molar-refractivity contribution in [2.75, 3.05) is 18.4 Å². The van der Waals surface area contributed by atoms with Crippen molar-refractivity contribution >= 4 is 24.0 Å². The summed E-state index contributed by atoms with van der Waals surface area (Å²) in [6, 6.07) is 7.80. The Morgan fingerprint density at radius 3 is 2.88 bits per heavy atom. The van der Waals surface area contributed by atoms with Crippen molar-refractivity contribution < 1.29 is 4.79 Å². The van der Waals surface area contributed by atoms with E-state index in [1.54, 1.807) is 6.33 Å². The molecule has 1 aromatic carbocycles. The zero-order valence-electron chi connectivity index (χ0n) is 13.7. The molecule has 6 nitrogen and oxygen atoms in total. The summed E-state index contributed by atoms with van der Waals surface area (Å²) in [6.45, 7) is 2.07. The first kappa shape index (κ1) is 16.9. The van der Waals surface area contributed by atoms with Crippen molar-refractivity contribution in [2.24, 2.45) is 18.4 Å². The Balaban J connectivity index is 0.00000169. The molecular weight excluding hydrogens is 326 g/mol. The van der Waals surface area contributed by atoms with Gasteiger partial charge < -0.3 is 15.2 Å². The molecule has 0 radical (unpaired) electrons. The summed E-state index contributed by atoms with van der Waals surface area (Å²) < 4.78 is 1.87. The summed E-state index contributed by atoms with van der Waals surface area (Å²) in [6.07, 6.45) is 4.93. The van der Waals surface area contributed by atoms with E-state index in [2.05, 4.69) is 20.8 Å². The normalized spacial score (nSPS) is 21.1. The first-order valence-corrected chi connectivity index (χ1v) is 8.14. The van der Waals surface area contributed by atoms with Crippen molar-refractivity contribution in [1.82, 2.24) is 20.1 Å². The predicted octanol–water partition coefficient (Wildman–Crippen LogP) is 2.23. The number of amides is 1. The van der Waals surface area contributed by atoms with Gasteiger partial charge in [0.1, 0.15) is 6.33 Å². The molecule has 4 rings (SSSR count). The molecule has 1 unspecified atom stereocenters. The van der Waals surface area contributed by atoms with Crippen LogP contribution in [0.15, 0.2) is 30.6 Å². The molecule has 1 aliphatic heterocycles. The number of nitrogens with zero attached hydrogens (tertiary/aromatic N) is 3. The Morgan fingerprint density at radius 2 is 2.17 bits per heavy atom. The minimum absolute atomic E-state index is 0. The summed E-state index contributed by atoms with van der Waals surface area (Å²) in [5.74, 6) is 1.12. The molecule has 0 bridgehead atoms. The SMILES string of the molecule is Cl.Cn1cnnc1-c1cccc(NC(=O)C2CC23CCNCC3)c1. The van der Waals surface area contributed by atoms with Crippen molar-refractivity contribution in [2.45, 2.75) is 19.3 Å². The number of rotatable bonds is 3. The molecular formula is C17H22ClN5O. The van der Waals surface area contributed by atoms with E-state index in [1.807, 2.05) is 35.9 Å². The summed E-state index contributed by atoms with van der Waals surface area (Å²) in [5.41, 5.74) is 2.04. The molecule has 7 heteroatoms. The van der Waals surface area contributed by atoms with Crippen LogP contribution in [0.5, 0.6) is 0 Å². The first-order chi connectivity index (χ1) is 11.2. The Morgan fingerprint density at radius 1 is 1.38 bits per heavy atom. The van der Waals surface area contributed by atoms with Gasteiger partial charge in [0.2, 0.25) is 5.91 Å². The van der Waals surface area contributed by atoms with Gasteiger partial charge in [-0.3, -0.25) is 4.79 Å². The van der Waals surface area contributed by atoms with E-state index in [9.17, 15) is 4.79 Å². The average molecular weight is 348 g/mol. The summed E-state index contributed by atoms with van der Waals surface area (Å²) in [7, 11) is 1.91. The van der Waals surface area contributed by atoms with Crippen LogP contribution >= 0.6 is 12.4 Å². The number of carbonyl (C=O) groups excluding carboxylic acids is 1. The molecule has 2 fully saturated rings. The van der Waals surface area contributed by atoms with E-state index in [0.717, 1.165) is 49.4 Å². The van der Waals surface area contributed by atoms with Gasteiger partial charge in [0.05, 0.1) is 0 Å². The number of hydrogen-bond acceptors (Lipinski definition) is 4. The van der Waals surface area contributed by atoms with Gasteiger partial charge in [-0.2, -0.15) is 0 Å². The molecule has 1 saturated carbocycles. The van der Waals surface area contributed by atoms with E-state index in [-0.39, 0.29) is 29.6 Å². The Kier molecular flexibility index (Phi) is 4.60. The van der Waals surface area contributed by atoms with Crippen molar-refractivity contribution in [3.8, 4) is 11.4 Å². The van der Waals surface area contributed by atoms with E-state index < -0.39 is 0 Å².